The predicted molar refractivity (Wildman–Crippen MR) is 125 cm³/mol. The molecular weight excluding hydrogens is 532 g/mol. The first-order valence-corrected chi connectivity index (χ1v) is 11.5. The summed E-state index contributed by atoms with van der Waals surface area (Å²) in [4.78, 5) is 34.2. The van der Waals surface area contributed by atoms with Crippen LogP contribution >= 0.6 is 43.2 Å². The van der Waals surface area contributed by atoms with Crippen LogP contribution < -0.4 is 10.3 Å². The van der Waals surface area contributed by atoms with Crippen molar-refractivity contribution in [2.24, 2.45) is 0 Å². The van der Waals surface area contributed by atoms with Gasteiger partial charge in [0, 0.05) is 13.8 Å². The van der Waals surface area contributed by atoms with Gasteiger partial charge in [-0.25, -0.2) is 4.98 Å². The monoisotopic (exact) mass is 544 g/mol. The van der Waals surface area contributed by atoms with Crippen molar-refractivity contribution < 1.29 is 9.21 Å². The molecule has 0 fully saturated rings. The molecule has 0 spiro atoms. The van der Waals surface area contributed by atoms with Gasteiger partial charge < -0.3 is 4.42 Å². The Labute approximate surface area is 192 Å². The fourth-order valence-corrected chi connectivity index (χ4v) is 5.22. The molecule has 1 aliphatic heterocycles. The number of aryl methyl sites for hydroxylation is 2. The van der Waals surface area contributed by atoms with Gasteiger partial charge in [0.25, 0.3) is 5.91 Å². The highest BCUT2D eigenvalue weighted by Crippen LogP contribution is 2.43. The molecule has 0 unspecified atom stereocenters. The number of benzene rings is 2. The lowest BCUT2D eigenvalue weighted by molar-refractivity contribution is 0.0971. The Balaban J connectivity index is 1.82. The van der Waals surface area contributed by atoms with Crippen LogP contribution in [-0.2, 0) is 0 Å². The normalized spacial score (nSPS) is 15.8. The second kappa shape index (κ2) is 7.14. The number of carbonyl (C=O) groups excluding carboxylic acids is 1. The van der Waals surface area contributed by atoms with Crippen LogP contribution in [0.25, 0.3) is 11.0 Å². The maximum atomic E-state index is 13.5. The van der Waals surface area contributed by atoms with Crippen molar-refractivity contribution >= 4 is 65.2 Å². The summed E-state index contributed by atoms with van der Waals surface area (Å²) in [6, 6.07) is 12.2. The number of amides is 1. The molecule has 2 aromatic carbocycles. The fourth-order valence-electron chi connectivity index (χ4n) is 3.66. The summed E-state index contributed by atoms with van der Waals surface area (Å²) in [5, 5.41) is 0.991. The summed E-state index contributed by atoms with van der Waals surface area (Å²) in [6.45, 7) is 3.88. The van der Waals surface area contributed by atoms with Gasteiger partial charge in [0.15, 0.2) is 10.6 Å². The number of anilines is 1. The number of carbonyl (C=O) groups is 1. The number of halogens is 2. The molecule has 30 heavy (non-hydrogen) atoms. The minimum absolute atomic E-state index is 0.0771. The van der Waals surface area contributed by atoms with Gasteiger partial charge in [-0.2, -0.15) is 0 Å². The number of aromatic nitrogens is 1. The summed E-state index contributed by atoms with van der Waals surface area (Å²) >= 11 is 8.30. The lowest BCUT2D eigenvalue weighted by Crippen LogP contribution is -2.29. The van der Waals surface area contributed by atoms with E-state index in [9.17, 15) is 9.59 Å². The highest BCUT2D eigenvalue weighted by atomic mass is 79.9. The first-order valence-electron chi connectivity index (χ1n) is 9.14. The fraction of sp³-hybridized carbons (Fsp3) is 0.136. The number of hydrogen-bond acceptors (Lipinski definition) is 5. The third kappa shape index (κ3) is 2.97. The average Bonchev–Trinajstić information content (AvgIpc) is 3.20. The largest absolute Gasteiger partial charge is 0.450 e. The van der Waals surface area contributed by atoms with E-state index in [0.717, 1.165) is 25.1 Å². The molecule has 0 bridgehead atoms. The zero-order chi connectivity index (χ0) is 21.2. The molecule has 0 N–H and O–H groups in total. The van der Waals surface area contributed by atoms with E-state index in [1.54, 1.807) is 23.1 Å². The third-order valence-corrected chi connectivity index (χ3v) is 7.34. The maximum absolute atomic E-state index is 13.5. The van der Waals surface area contributed by atoms with Crippen LogP contribution in [0, 0.1) is 13.8 Å². The summed E-state index contributed by atoms with van der Waals surface area (Å²) in [5.41, 5.74) is 2.21. The van der Waals surface area contributed by atoms with E-state index in [1.165, 1.54) is 11.3 Å². The lowest BCUT2D eigenvalue weighted by Gasteiger charge is -2.22. The number of hydrogen-bond donors (Lipinski definition) is 0. The van der Waals surface area contributed by atoms with Crippen LogP contribution in [0.3, 0.4) is 0 Å². The minimum atomic E-state index is -0.606. The van der Waals surface area contributed by atoms with Crippen molar-refractivity contribution in [3.05, 3.63) is 89.1 Å². The first kappa shape index (κ1) is 19.7. The molecule has 8 heteroatoms. The van der Waals surface area contributed by atoms with Crippen molar-refractivity contribution in [1.29, 1.82) is 0 Å². The number of fused-ring (bicyclic) bond motifs is 2. The van der Waals surface area contributed by atoms with Gasteiger partial charge in [0.2, 0.25) is 5.76 Å². The molecule has 0 saturated heterocycles. The molecule has 0 aliphatic carbocycles. The third-order valence-electron chi connectivity index (χ3n) is 5.24. The smallest absolute Gasteiger partial charge is 0.297 e. The SMILES string of the molecule is Cc1nc(N2C(=O)c3oc4ccc(Br)cc4c(=O)c3[C@H]2c2ccc(Br)cc2)sc1C. The summed E-state index contributed by atoms with van der Waals surface area (Å²) < 4.78 is 7.66. The van der Waals surface area contributed by atoms with E-state index in [1.807, 2.05) is 38.1 Å². The molecule has 4 aromatic rings. The second-order valence-corrected chi connectivity index (χ2v) is 10.1. The molecule has 1 aliphatic rings. The quantitative estimate of drug-likeness (QED) is 0.303. The van der Waals surface area contributed by atoms with E-state index in [4.69, 9.17) is 4.42 Å². The number of thiazole rings is 1. The molecule has 3 heterocycles. The zero-order valence-corrected chi connectivity index (χ0v) is 19.9. The molecule has 0 radical (unpaired) electrons. The minimum Gasteiger partial charge on any atom is -0.450 e. The predicted octanol–water partition coefficient (Wildman–Crippen LogP) is 6.14. The Morgan fingerprint density at radius 3 is 2.40 bits per heavy atom. The lowest BCUT2D eigenvalue weighted by atomic mass is 9.99. The van der Waals surface area contributed by atoms with Gasteiger partial charge >= 0.3 is 0 Å². The maximum Gasteiger partial charge on any atom is 0.297 e. The van der Waals surface area contributed by atoms with Crippen LogP contribution in [0.1, 0.15) is 38.3 Å². The van der Waals surface area contributed by atoms with Crippen molar-refractivity contribution in [2.75, 3.05) is 4.90 Å². The van der Waals surface area contributed by atoms with Crippen molar-refractivity contribution in [3.8, 4) is 0 Å². The van der Waals surface area contributed by atoms with Crippen LogP contribution in [0.5, 0.6) is 0 Å². The number of rotatable bonds is 2. The molecule has 5 rings (SSSR count). The zero-order valence-electron chi connectivity index (χ0n) is 15.9. The van der Waals surface area contributed by atoms with Crippen LogP contribution in [-0.4, -0.2) is 10.9 Å². The molecular formula is C22H14Br2N2O3S. The van der Waals surface area contributed by atoms with Gasteiger partial charge in [-0.15, -0.1) is 11.3 Å². The molecule has 5 nitrogen and oxygen atoms in total. The highest BCUT2D eigenvalue weighted by Gasteiger charge is 2.45. The standard InChI is InChI=1S/C22H14Br2N2O3S/c1-10-11(2)30-22(25-10)26-18(12-3-5-13(23)6-4-12)17-19(27)15-9-14(24)7-8-16(15)29-20(17)21(26)28/h3-9,18H,1-2H3/t18-/m1/s1. The summed E-state index contributed by atoms with van der Waals surface area (Å²) in [5.74, 6) is -0.276. The molecule has 1 amide bonds. The van der Waals surface area contributed by atoms with Crippen molar-refractivity contribution in [2.45, 2.75) is 19.9 Å². The molecule has 150 valence electrons. The van der Waals surface area contributed by atoms with E-state index in [0.29, 0.717) is 21.7 Å². The Morgan fingerprint density at radius 2 is 1.73 bits per heavy atom. The molecule has 1 atom stereocenters. The van der Waals surface area contributed by atoms with Gasteiger partial charge in [-0.05, 0) is 49.7 Å². The van der Waals surface area contributed by atoms with Crippen LogP contribution in [0.2, 0.25) is 0 Å². The van der Waals surface area contributed by atoms with Crippen LogP contribution in [0.4, 0.5) is 5.13 Å². The van der Waals surface area contributed by atoms with E-state index in [-0.39, 0.29) is 17.1 Å². The Bertz CT molecular complexity index is 1370. The van der Waals surface area contributed by atoms with Crippen molar-refractivity contribution in [1.82, 2.24) is 4.98 Å². The first-order chi connectivity index (χ1) is 14.3. The Hall–Kier alpha value is -2.29. The highest BCUT2D eigenvalue weighted by molar-refractivity contribution is 9.10. The number of nitrogens with zero attached hydrogens (tertiary/aromatic N) is 2. The van der Waals surface area contributed by atoms with E-state index >= 15 is 0 Å². The molecule has 0 saturated carbocycles. The summed E-state index contributed by atoms with van der Waals surface area (Å²) in [6.07, 6.45) is 0. The van der Waals surface area contributed by atoms with E-state index < -0.39 is 6.04 Å². The summed E-state index contributed by atoms with van der Waals surface area (Å²) in [7, 11) is 0. The van der Waals surface area contributed by atoms with E-state index in [2.05, 4.69) is 36.8 Å². The van der Waals surface area contributed by atoms with Gasteiger partial charge in [0.05, 0.1) is 22.7 Å². The second-order valence-electron chi connectivity index (χ2n) is 7.08. The topological polar surface area (TPSA) is 63.4 Å². The molecule has 2 aromatic heterocycles. The van der Waals surface area contributed by atoms with Crippen LogP contribution in [0.15, 0.2) is 60.6 Å². The van der Waals surface area contributed by atoms with Gasteiger partial charge in [0.1, 0.15) is 5.58 Å². The van der Waals surface area contributed by atoms with Gasteiger partial charge in [-0.3, -0.25) is 14.5 Å². The van der Waals surface area contributed by atoms with Crippen molar-refractivity contribution in [3.63, 3.8) is 0 Å². The Kier molecular flexibility index (Phi) is 4.68. The van der Waals surface area contributed by atoms with Gasteiger partial charge in [-0.1, -0.05) is 44.0 Å². The average molecular weight is 546 g/mol. The Morgan fingerprint density at radius 1 is 1.03 bits per heavy atom.